The molecule has 132 valence electrons. The van der Waals surface area contributed by atoms with Crippen LogP contribution in [0, 0.1) is 6.92 Å². The summed E-state index contributed by atoms with van der Waals surface area (Å²) in [5.41, 5.74) is 2.81. The normalized spacial score (nSPS) is 23.8. The maximum atomic E-state index is 12.7. The van der Waals surface area contributed by atoms with Gasteiger partial charge in [0.2, 0.25) is 11.8 Å². The molecule has 2 aliphatic rings. The van der Waals surface area contributed by atoms with Crippen molar-refractivity contribution in [3.63, 3.8) is 0 Å². The van der Waals surface area contributed by atoms with Gasteiger partial charge in [0.15, 0.2) is 0 Å². The molecule has 7 heteroatoms. The monoisotopic (exact) mass is 342 g/mol. The Morgan fingerprint density at radius 1 is 1.40 bits per heavy atom. The summed E-state index contributed by atoms with van der Waals surface area (Å²) in [5.74, 6) is 1.01. The molecule has 0 aliphatic carbocycles. The fourth-order valence-electron chi connectivity index (χ4n) is 3.74. The molecule has 7 nitrogen and oxygen atoms in total. The van der Waals surface area contributed by atoms with E-state index in [0.717, 1.165) is 22.4 Å². The summed E-state index contributed by atoms with van der Waals surface area (Å²) in [4.78, 5) is 35.8. The first-order valence-electron chi connectivity index (χ1n) is 8.61. The molecule has 0 saturated carbocycles. The van der Waals surface area contributed by atoms with Crippen molar-refractivity contribution in [3.8, 4) is 0 Å². The number of hydrogen-bond acceptors (Lipinski definition) is 4. The predicted molar refractivity (Wildman–Crippen MR) is 92.0 cm³/mol. The van der Waals surface area contributed by atoms with Gasteiger partial charge in [0.25, 0.3) is 0 Å². The minimum Gasteiger partial charge on any atom is -0.374 e. The molecule has 0 unspecified atom stereocenters. The Labute approximate surface area is 146 Å². The van der Waals surface area contributed by atoms with E-state index in [1.807, 2.05) is 30.0 Å². The van der Waals surface area contributed by atoms with Crippen molar-refractivity contribution in [3.05, 3.63) is 29.6 Å². The summed E-state index contributed by atoms with van der Waals surface area (Å²) in [7, 11) is 1.80. The number of carbonyl (C=O) groups excluding carboxylic acids is 2. The lowest BCUT2D eigenvalue weighted by atomic mass is 10.1. The van der Waals surface area contributed by atoms with Crippen LogP contribution in [0.5, 0.6) is 0 Å². The van der Waals surface area contributed by atoms with E-state index in [-0.39, 0.29) is 24.0 Å². The van der Waals surface area contributed by atoms with Gasteiger partial charge in [-0.15, -0.1) is 0 Å². The third kappa shape index (κ3) is 3.00. The molecular formula is C18H22N4O3. The van der Waals surface area contributed by atoms with Crippen LogP contribution in [0.25, 0.3) is 11.0 Å². The minimum atomic E-state index is -0.0851. The van der Waals surface area contributed by atoms with E-state index < -0.39 is 0 Å². The lowest BCUT2D eigenvalue weighted by Crippen LogP contribution is -2.43. The van der Waals surface area contributed by atoms with E-state index in [4.69, 9.17) is 4.74 Å². The first-order chi connectivity index (χ1) is 12.0. The highest BCUT2D eigenvalue weighted by atomic mass is 16.5. The van der Waals surface area contributed by atoms with Crippen molar-refractivity contribution in [2.45, 2.75) is 31.9 Å². The van der Waals surface area contributed by atoms with Gasteiger partial charge >= 0.3 is 0 Å². The second-order valence-electron chi connectivity index (χ2n) is 6.88. The fourth-order valence-corrected chi connectivity index (χ4v) is 3.74. The summed E-state index contributed by atoms with van der Waals surface area (Å²) in [6, 6.07) is 5.82. The highest BCUT2D eigenvalue weighted by molar-refractivity contribution is 5.82. The van der Waals surface area contributed by atoms with Gasteiger partial charge in [-0.1, -0.05) is 6.07 Å². The molecule has 2 amide bonds. The Balaban J connectivity index is 1.46. The maximum absolute atomic E-state index is 12.7. The number of nitrogens with zero attached hydrogens (tertiary/aromatic N) is 3. The molecular weight excluding hydrogens is 320 g/mol. The molecule has 2 atom stereocenters. The second-order valence-corrected chi connectivity index (χ2v) is 6.88. The zero-order valence-electron chi connectivity index (χ0n) is 14.5. The molecule has 0 spiro atoms. The number of likely N-dealkylation sites (tertiary alicyclic amines) is 1. The summed E-state index contributed by atoms with van der Waals surface area (Å²) < 4.78 is 5.79. The van der Waals surface area contributed by atoms with E-state index >= 15 is 0 Å². The van der Waals surface area contributed by atoms with Crippen molar-refractivity contribution in [2.24, 2.45) is 0 Å². The molecule has 3 heterocycles. The van der Waals surface area contributed by atoms with Gasteiger partial charge in [-0.2, -0.15) is 0 Å². The Morgan fingerprint density at radius 2 is 2.24 bits per heavy atom. The molecule has 2 saturated heterocycles. The van der Waals surface area contributed by atoms with E-state index in [0.29, 0.717) is 32.5 Å². The first kappa shape index (κ1) is 16.1. The number of ether oxygens (including phenoxy) is 1. The molecule has 1 aromatic heterocycles. The molecule has 2 fully saturated rings. The SMILES string of the molecule is Cc1nc2ccc(CC(=O)N3C[C@@H]4OCCC(=O)N(C)[C@H]4C3)cc2[nH]1. The van der Waals surface area contributed by atoms with Gasteiger partial charge in [-0.25, -0.2) is 4.98 Å². The molecule has 4 rings (SSSR count). The lowest BCUT2D eigenvalue weighted by Gasteiger charge is -2.25. The van der Waals surface area contributed by atoms with Crippen molar-refractivity contribution in [1.82, 2.24) is 19.8 Å². The third-order valence-corrected chi connectivity index (χ3v) is 5.15. The van der Waals surface area contributed by atoms with Crippen LogP contribution in [0.2, 0.25) is 0 Å². The van der Waals surface area contributed by atoms with Gasteiger partial charge in [0.05, 0.1) is 42.6 Å². The largest absolute Gasteiger partial charge is 0.374 e. The fraction of sp³-hybridized carbons (Fsp3) is 0.500. The number of aromatic nitrogens is 2. The molecule has 2 aromatic rings. The Kier molecular flexibility index (Phi) is 3.95. The van der Waals surface area contributed by atoms with Crippen LogP contribution >= 0.6 is 0 Å². The lowest BCUT2D eigenvalue weighted by molar-refractivity contribution is -0.133. The van der Waals surface area contributed by atoms with Crippen LogP contribution in [0.3, 0.4) is 0 Å². The number of benzene rings is 1. The molecule has 1 aromatic carbocycles. The average molecular weight is 342 g/mol. The molecule has 25 heavy (non-hydrogen) atoms. The van der Waals surface area contributed by atoms with Crippen molar-refractivity contribution >= 4 is 22.8 Å². The van der Waals surface area contributed by atoms with Gasteiger partial charge in [-0.05, 0) is 24.6 Å². The standard InChI is InChI=1S/C18H22N4O3/c1-11-19-13-4-3-12(7-14(13)20-11)8-18(24)22-9-15-16(10-22)25-6-5-17(23)21(15)2/h3-4,7,15-16H,5-6,8-10H2,1-2H3,(H,19,20)/t15-,16-/m0/s1. The topological polar surface area (TPSA) is 78.5 Å². The van der Waals surface area contributed by atoms with Crippen LogP contribution in [-0.2, 0) is 20.7 Å². The van der Waals surface area contributed by atoms with E-state index in [1.165, 1.54) is 0 Å². The quantitative estimate of drug-likeness (QED) is 0.878. The number of aryl methyl sites for hydroxylation is 1. The number of likely N-dealkylation sites (N-methyl/N-ethyl adjacent to an activating group) is 1. The van der Waals surface area contributed by atoms with Crippen molar-refractivity contribution in [1.29, 1.82) is 0 Å². The second kappa shape index (κ2) is 6.15. The van der Waals surface area contributed by atoms with E-state index in [1.54, 1.807) is 11.9 Å². The number of rotatable bonds is 2. The van der Waals surface area contributed by atoms with Crippen molar-refractivity contribution < 1.29 is 14.3 Å². The third-order valence-electron chi connectivity index (χ3n) is 5.15. The zero-order valence-corrected chi connectivity index (χ0v) is 14.5. The van der Waals surface area contributed by atoms with Crippen LogP contribution < -0.4 is 0 Å². The number of nitrogens with one attached hydrogen (secondary N) is 1. The van der Waals surface area contributed by atoms with E-state index in [9.17, 15) is 9.59 Å². The zero-order chi connectivity index (χ0) is 17.6. The van der Waals surface area contributed by atoms with E-state index in [2.05, 4.69) is 9.97 Å². The Morgan fingerprint density at radius 3 is 3.08 bits per heavy atom. The number of fused-ring (bicyclic) bond motifs is 2. The summed E-state index contributed by atoms with van der Waals surface area (Å²) >= 11 is 0. The summed E-state index contributed by atoms with van der Waals surface area (Å²) in [5, 5.41) is 0. The smallest absolute Gasteiger partial charge is 0.227 e. The molecule has 0 radical (unpaired) electrons. The summed E-state index contributed by atoms with van der Waals surface area (Å²) in [6.45, 7) is 3.43. The van der Waals surface area contributed by atoms with Gasteiger partial charge < -0.3 is 19.5 Å². The van der Waals surface area contributed by atoms with Crippen LogP contribution in [0.15, 0.2) is 18.2 Å². The minimum absolute atomic E-state index is 0.0447. The number of amides is 2. The van der Waals surface area contributed by atoms with Crippen LogP contribution in [0.1, 0.15) is 17.8 Å². The van der Waals surface area contributed by atoms with Crippen LogP contribution in [-0.4, -0.2) is 70.5 Å². The number of hydrogen-bond donors (Lipinski definition) is 1. The number of carbonyl (C=O) groups is 2. The molecule has 2 aliphatic heterocycles. The van der Waals surface area contributed by atoms with Crippen molar-refractivity contribution in [2.75, 3.05) is 26.7 Å². The number of imidazole rings is 1. The highest BCUT2D eigenvalue weighted by Crippen LogP contribution is 2.23. The van der Waals surface area contributed by atoms with Gasteiger partial charge in [0.1, 0.15) is 5.82 Å². The average Bonchev–Trinajstić information content (AvgIpc) is 3.13. The number of aromatic amines is 1. The van der Waals surface area contributed by atoms with Crippen LogP contribution in [0.4, 0.5) is 0 Å². The van der Waals surface area contributed by atoms with Gasteiger partial charge in [0, 0.05) is 20.1 Å². The predicted octanol–water partition coefficient (Wildman–Crippen LogP) is 0.872. The Hall–Kier alpha value is -2.41. The van der Waals surface area contributed by atoms with Gasteiger partial charge in [-0.3, -0.25) is 9.59 Å². The molecule has 1 N–H and O–H groups in total. The maximum Gasteiger partial charge on any atom is 0.227 e. The highest BCUT2D eigenvalue weighted by Gasteiger charge is 2.41. The number of H-pyrrole nitrogens is 1. The Bertz CT molecular complexity index is 831. The summed E-state index contributed by atoms with van der Waals surface area (Å²) in [6.07, 6.45) is 0.671. The first-order valence-corrected chi connectivity index (χ1v) is 8.61. The molecule has 0 bridgehead atoms.